The molecule has 0 aliphatic carbocycles. The number of likely N-dealkylation sites (N-methyl/N-ethyl adjacent to an activating group) is 1. The first-order chi connectivity index (χ1) is 39.6. The maximum Gasteiger partial charge on any atom is 0.306 e. The number of allylic oxidation sites excluding steroid dienone is 16. The van der Waals surface area contributed by atoms with Crippen LogP contribution >= 0.6 is 0 Å². The van der Waals surface area contributed by atoms with Crippen molar-refractivity contribution in [2.45, 2.75) is 296 Å². The summed E-state index contributed by atoms with van der Waals surface area (Å²) < 4.78 is 22.8. The lowest BCUT2D eigenvalue weighted by molar-refractivity contribution is -0.870. The molecule has 0 aromatic carbocycles. The number of esters is 2. The van der Waals surface area contributed by atoms with Crippen LogP contribution < -0.4 is 5.11 Å². The van der Waals surface area contributed by atoms with Crippen molar-refractivity contribution in [2.24, 2.45) is 0 Å². The fraction of sp³-hybridized carbons (Fsp3) is 0.736. The highest BCUT2D eigenvalue weighted by Gasteiger charge is 2.22. The van der Waals surface area contributed by atoms with Gasteiger partial charge in [-0.25, -0.2) is 0 Å². The van der Waals surface area contributed by atoms with Gasteiger partial charge in [-0.3, -0.25) is 9.59 Å². The van der Waals surface area contributed by atoms with Gasteiger partial charge in [-0.1, -0.05) is 272 Å². The summed E-state index contributed by atoms with van der Waals surface area (Å²) in [6, 6.07) is 0. The SMILES string of the molecule is CC/C=C\C/C=C\C/C=C\C/C=C\C/C=C\CCCCCCCCCCCCCCCCCC(=O)OC(COC(=O)CCCCCCCCCCCC/C=C\C/C=C\C/C=C\CCCCCCC)COC(OCC[N+](C)(C)C)C(=O)[O-]. The maximum absolute atomic E-state index is 12.9. The Morgan fingerprint density at radius 3 is 1.05 bits per heavy atom. The van der Waals surface area contributed by atoms with E-state index in [0.717, 1.165) is 83.5 Å². The molecule has 9 heteroatoms. The zero-order valence-corrected chi connectivity index (χ0v) is 53.1. The van der Waals surface area contributed by atoms with Crippen molar-refractivity contribution < 1.29 is 42.9 Å². The van der Waals surface area contributed by atoms with Crippen LogP contribution in [0.15, 0.2) is 97.2 Å². The van der Waals surface area contributed by atoms with Gasteiger partial charge in [0.2, 0.25) is 0 Å². The third-order valence-electron chi connectivity index (χ3n) is 14.3. The van der Waals surface area contributed by atoms with Crippen LogP contribution in [-0.4, -0.2) is 82.3 Å². The van der Waals surface area contributed by atoms with Crippen molar-refractivity contribution in [3.05, 3.63) is 97.2 Å². The molecule has 0 spiro atoms. The van der Waals surface area contributed by atoms with Gasteiger partial charge in [0, 0.05) is 12.8 Å². The van der Waals surface area contributed by atoms with Crippen molar-refractivity contribution in [1.82, 2.24) is 0 Å². The molecule has 0 aliphatic heterocycles. The Hall–Kier alpha value is -3.79. The molecular weight excluding hydrogens is 1010 g/mol. The van der Waals surface area contributed by atoms with Crippen LogP contribution in [0.2, 0.25) is 0 Å². The highest BCUT2D eigenvalue weighted by atomic mass is 16.7. The van der Waals surface area contributed by atoms with Gasteiger partial charge in [0.1, 0.15) is 13.2 Å². The second-order valence-electron chi connectivity index (χ2n) is 23.4. The van der Waals surface area contributed by atoms with Gasteiger partial charge >= 0.3 is 11.9 Å². The highest BCUT2D eigenvalue weighted by molar-refractivity contribution is 5.70. The van der Waals surface area contributed by atoms with E-state index in [1.807, 2.05) is 21.1 Å². The minimum Gasteiger partial charge on any atom is -0.545 e. The predicted molar refractivity (Wildman–Crippen MR) is 343 cm³/mol. The van der Waals surface area contributed by atoms with Crippen LogP contribution in [0.5, 0.6) is 0 Å². The third-order valence-corrected chi connectivity index (χ3v) is 14.3. The van der Waals surface area contributed by atoms with Gasteiger partial charge in [0.05, 0.1) is 40.3 Å². The molecule has 2 atom stereocenters. The van der Waals surface area contributed by atoms with Gasteiger partial charge in [-0.05, 0) is 96.3 Å². The minimum absolute atomic E-state index is 0.144. The number of ether oxygens (including phenoxy) is 4. The zero-order chi connectivity index (χ0) is 59.1. The van der Waals surface area contributed by atoms with E-state index in [-0.39, 0.29) is 38.6 Å². The number of hydrogen-bond acceptors (Lipinski definition) is 8. The Morgan fingerprint density at radius 2 is 0.704 bits per heavy atom. The summed E-state index contributed by atoms with van der Waals surface area (Å²) >= 11 is 0. The Labute approximate surface area is 499 Å². The topological polar surface area (TPSA) is 111 Å². The summed E-state index contributed by atoms with van der Waals surface area (Å²) in [5, 5.41) is 11.8. The molecule has 0 saturated heterocycles. The number of rotatable bonds is 61. The molecule has 0 aromatic heterocycles. The maximum atomic E-state index is 12.9. The minimum atomic E-state index is -1.63. The van der Waals surface area contributed by atoms with Gasteiger partial charge in [0.25, 0.3) is 0 Å². The second kappa shape index (κ2) is 62.3. The molecule has 0 amide bonds. The third kappa shape index (κ3) is 63.6. The quantitative estimate of drug-likeness (QED) is 0.0195. The smallest absolute Gasteiger partial charge is 0.306 e. The Balaban J connectivity index is 4.16. The molecule has 0 rings (SSSR count). The summed E-state index contributed by atoms with van der Waals surface area (Å²) in [5.41, 5.74) is 0. The van der Waals surface area contributed by atoms with E-state index < -0.39 is 24.3 Å². The number of carbonyl (C=O) groups excluding carboxylic acids is 3. The fourth-order valence-electron chi connectivity index (χ4n) is 9.22. The lowest BCUT2D eigenvalue weighted by Crippen LogP contribution is -2.44. The van der Waals surface area contributed by atoms with Gasteiger partial charge < -0.3 is 33.3 Å². The van der Waals surface area contributed by atoms with Crippen LogP contribution in [0, 0.1) is 0 Å². The molecule has 0 radical (unpaired) electrons. The number of hydrogen-bond donors (Lipinski definition) is 0. The van der Waals surface area contributed by atoms with Crippen molar-refractivity contribution in [3.8, 4) is 0 Å². The summed E-state index contributed by atoms with van der Waals surface area (Å²) in [4.78, 5) is 37.5. The number of carbonyl (C=O) groups is 3. The van der Waals surface area contributed by atoms with Crippen molar-refractivity contribution >= 4 is 17.9 Å². The Morgan fingerprint density at radius 1 is 0.383 bits per heavy atom. The van der Waals surface area contributed by atoms with Crippen LogP contribution in [0.3, 0.4) is 0 Å². The normalized spacial score (nSPS) is 13.3. The summed E-state index contributed by atoms with van der Waals surface area (Å²) in [7, 11) is 5.93. The number of nitrogens with zero attached hydrogens (tertiary/aromatic N) is 1. The van der Waals surface area contributed by atoms with Gasteiger partial charge in [-0.15, -0.1) is 0 Å². The monoisotopic (exact) mass is 1130 g/mol. The van der Waals surface area contributed by atoms with E-state index in [4.69, 9.17) is 18.9 Å². The number of unbranched alkanes of at least 4 members (excludes halogenated alkanes) is 30. The summed E-state index contributed by atoms with van der Waals surface area (Å²) in [5.74, 6) is -2.28. The van der Waals surface area contributed by atoms with Crippen molar-refractivity contribution in [1.29, 1.82) is 0 Å². The number of carboxylic acid groups (broad SMARTS) is 1. The first-order valence-electron chi connectivity index (χ1n) is 33.4. The van der Waals surface area contributed by atoms with Crippen molar-refractivity contribution in [3.63, 3.8) is 0 Å². The summed E-state index contributed by atoms with van der Waals surface area (Å²) in [6.45, 7) is 4.64. The number of carboxylic acids is 1. The van der Waals surface area contributed by atoms with Crippen LogP contribution in [-0.2, 0) is 33.3 Å². The van der Waals surface area contributed by atoms with E-state index in [0.29, 0.717) is 17.4 Å². The first-order valence-corrected chi connectivity index (χ1v) is 33.4. The molecule has 81 heavy (non-hydrogen) atoms. The molecule has 0 saturated carbocycles. The van der Waals surface area contributed by atoms with Gasteiger partial charge in [-0.2, -0.15) is 0 Å². The van der Waals surface area contributed by atoms with Crippen molar-refractivity contribution in [2.75, 3.05) is 47.5 Å². The standard InChI is InChI=1S/C72H125NO8/c1-6-8-10-12-14-16-18-20-22-24-26-28-30-32-33-34-35-36-37-39-41-43-45-47-49-51-53-55-57-59-61-63-70(75)81-68(67-80-72(71(76)77)78-65-64-73(3,4)5)66-79-69(74)62-60-58-56-54-52-50-48-46-44-42-40-38-31-29-27-25-23-21-19-17-15-13-11-9-7-2/h8,10,14,16,19-22,25-28,31-33,38,68,72H,6-7,9,11-13,15,17-18,23-24,29-30,34-37,39-67H2,1-5H3/b10-8-,16-14-,21-19-,22-20-,27-25-,28-26-,33-32-,38-31-. The molecule has 0 aliphatic rings. The fourth-order valence-corrected chi connectivity index (χ4v) is 9.22. The Kier molecular flexibility index (Phi) is 59.3. The lowest BCUT2D eigenvalue weighted by Gasteiger charge is -2.26. The molecule has 2 unspecified atom stereocenters. The lowest BCUT2D eigenvalue weighted by atomic mass is 10.0. The van der Waals surface area contributed by atoms with Crippen LogP contribution in [0.4, 0.5) is 0 Å². The predicted octanol–water partition coefficient (Wildman–Crippen LogP) is 19.1. The molecule has 466 valence electrons. The van der Waals surface area contributed by atoms with Crippen LogP contribution in [0.25, 0.3) is 0 Å². The molecular formula is C72H125NO8. The molecule has 0 N–H and O–H groups in total. The average Bonchev–Trinajstić information content (AvgIpc) is 3.44. The second-order valence-corrected chi connectivity index (χ2v) is 23.4. The average molecular weight is 1130 g/mol. The largest absolute Gasteiger partial charge is 0.545 e. The van der Waals surface area contributed by atoms with Crippen LogP contribution in [0.1, 0.15) is 284 Å². The molecule has 9 nitrogen and oxygen atoms in total. The molecule has 0 heterocycles. The molecule has 0 aromatic rings. The van der Waals surface area contributed by atoms with Gasteiger partial charge in [0.15, 0.2) is 12.4 Å². The van der Waals surface area contributed by atoms with E-state index >= 15 is 0 Å². The van der Waals surface area contributed by atoms with E-state index in [1.54, 1.807) is 0 Å². The molecule has 0 fully saturated rings. The van der Waals surface area contributed by atoms with E-state index in [9.17, 15) is 19.5 Å². The van der Waals surface area contributed by atoms with E-state index in [1.165, 1.54) is 167 Å². The number of aliphatic carboxylic acids is 1. The highest BCUT2D eigenvalue weighted by Crippen LogP contribution is 2.17. The van der Waals surface area contributed by atoms with E-state index in [2.05, 4.69) is 111 Å². The zero-order valence-electron chi connectivity index (χ0n) is 53.1. The summed E-state index contributed by atoms with van der Waals surface area (Å²) in [6.07, 6.45) is 81.8. The first kappa shape index (κ1) is 77.2. The Bertz CT molecular complexity index is 1650. The number of quaternary nitrogens is 1. The molecule has 0 bridgehead atoms.